The summed E-state index contributed by atoms with van der Waals surface area (Å²) in [5.41, 5.74) is 0. The van der Waals surface area contributed by atoms with Gasteiger partial charge in [-0.05, 0) is 44.9 Å². The fourth-order valence-electron chi connectivity index (χ4n) is 10.3. The normalized spacial score (nSPS) is 12.3. The molecule has 0 aromatic heterocycles. The first-order valence-corrected chi connectivity index (χ1v) is 34.1. The maximum Gasteiger partial charge on any atom is 0.306 e. The van der Waals surface area contributed by atoms with E-state index in [9.17, 15) is 14.4 Å². The zero-order chi connectivity index (χ0) is 55.7. The number of ether oxygens (including phenoxy) is 3. The van der Waals surface area contributed by atoms with Gasteiger partial charge in [0.25, 0.3) is 0 Å². The molecule has 0 amide bonds. The Balaban J connectivity index is 4.23. The number of allylic oxidation sites excluding steroid dienone is 8. The molecule has 1 atom stereocenters. The van der Waals surface area contributed by atoms with Crippen LogP contribution in [0.4, 0.5) is 0 Å². The molecule has 6 nitrogen and oxygen atoms in total. The second-order valence-electron chi connectivity index (χ2n) is 23.1. The van der Waals surface area contributed by atoms with Crippen LogP contribution in [0.5, 0.6) is 0 Å². The summed E-state index contributed by atoms with van der Waals surface area (Å²) >= 11 is 0. The third kappa shape index (κ3) is 64.1. The van der Waals surface area contributed by atoms with Crippen molar-refractivity contribution in [3.8, 4) is 0 Å². The lowest BCUT2D eigenvalue weighted by Crippen LogP contribution is -2.30. The molecule has 0 saturated heterocycles. The molecular formula is C71H130O6. The smallest absolute Gasteiger partial charge is 0.306 e. The standard InChI is InChI=1S/C71H130O6/c1-4-7-10-13-16-19-22-25-27-29-31-32-33-34-35-36-37-38-40-41-43-46-49-52-55-58-61-64-70(73)76-67-68(66-75-69(72)63-60-57-54-51-48-45-24-21-18-15-12-9-6-3)77-71(74)65-62-59-56-53-50-47-44-42-39-30-28-26-23-20-17-14-11-8-5-2/h9,12,18,21,45,48,54,57,68H,4-8,10-11,13-17,19-20,22-44,46-47,49-53,55-56,58-67H2,1-3H3/b12-9-,21-18-,48-45-,57-54-. The molecular weight excluding hydrogens is 949 g/mol. The van der Waals surface area contributed by atoms with Crippen LogP contribution in [0.3, 0.4) is 0 Å². The van der Waals surface area contributed by atoms with E-state index in [2.05, 4.69) is 63.3 Å². The van der Waals surface area contributed by atoms with Crippen molar-refractivity contribution in [3.63, 3.8) is 0 Å². The largest absolute Gasteiger partial charge is 0.462 e. The van der Waals surface area contributed by atoms with Gasteiger partial charge in [-0.2, -0.15) is 0 Å². The first-order valence-electron chi connectivity index (χ1n) is 34.1. The predicted molar refractivity (Wildman–Crippen MR) is 335 cm³/mol. The molecule has 1 unspecified atom stereocenters. The van der Waals surface area contributed by atoms with Gasteiger partial charge in [0.15, 0.2) is 6.10 Å². The van der Waals surface area contributed by atoms with Gasteiger partial charge >= 0.3 is 17.9 Å². The summed E-state index contributed by atoms with van der Waals surface area (Å²) in [6.45, 7) is 6.53. The molecule has 0 aliphatic heterocycles. The minimum absolute atomic E-state index is 0.0899. The van der Waals surface area contributed by atoms with E-state index in [-0.39, 0.29) is 37.5 Å². The van der Waals surface area contributed by atoms with Crippen LogP contribution in [0.15, 0.2) is 48.6 Å². The lowest BCUT2D eigenvalue weighted by molar-refractivity contribution is -0.166. The molecule has 0 aliphatic carbocycles. The SMILES string of the molecule is CC/C=C\C/C=C\C/C=C\C/C=C\CCC(=O)OCC(COC(=O)CCCCCCCCCCCCCCCCCCCCCCCCCCCCC)OC(=O)CCCCCCCCCCCCCCCCCCCCC. The van der Waals surface area contributed by atoms with Crippen LogP contribution in [-0.4, -0.2) is 37.2 Å². The molecule has 6 heteroatoms. The Bertz CT molecular complexity index is 1330. The molecule has 0 spiro atoms. The topological polar surface area (TPSA) is 78.9 Å². The average Bonchev–Trinajstić information content (AvgIpc) is 3.43. The minimum Gasteiger partial charge on any atom is -0.462 e. The molecule has 0 aromatic carbocycles. The second-order valence-corrected chi connectivity index (χ2v) is 23.1. The molecule has 0 bridgehead atoms. The van der Waals surface area contributed by atoms with Gasteiger partial charge in [-0.3, -0.25) is 14.4 Å². The molecule has 0 N–H and O–H groups in total. The van der Waals surface area contributed by atoms with E-state index in [1.54, 1.807) is 0 Å². The lowest BCUT2D eigenvalue weighted by Gasteiger charge is -2.18. The van der Waals surface area contributed by atoms with E-state index in [1.807, 2.05) is 6.08 Å². The van der Waals surface area contributed by atoms with Gasteiger partial charge in [-0.15, -0.1) is 0 Å². The number of carbonyl (C=O) groups excluding carboxylic acids is 3. The number of unbranched alkanes of at least 4 members (excludes halogenated alkanes) is 44. The highest BCUT2D eigenvalue weighted by molar-refractivity contribution is 5.71. The Labute approximate surface area is 479 Å². The average molecular weight is 1080 g/mol. The highest BCUT2D eigenvalue weighted by Crippen LogP contribution is 2.19. The van der Waals surface area contributed by atoms with Crippen LogP contribution in [0.25, 0.3) is 0 Å². The van der Waals surface area contributed by atoms with Gasteiger partial charge in [-0.1, -0.05) is 352 Å². The van der Waals surface area contributed by atoms with E-state index in [4.69, 9.17) is 14.2 Å². The molecule has 0 fully saturated rings. The number of esters is 3. The molecule has 0 radical (unpaired) electrons. The minimum atomic E-state index is -0.799. The quantitative estimate of drug-likeness (QED) is 0.0261. The summed E-state index contributed by atoms with van der Waals surface area (Å²) in [6.07, 6.45) is 83.1. The highest BCUT2D eigenvalue weighted by Gasteiger charge is 2.19. The van der Waals surface area contributed by atoms with Gasteiger partial charge in [0.05, 0.1) is 0 Å². The zero-order valence-corrected chi connectivity index (χ0v) is 51.7. The van der Waals surface area contributed by atoms with Crippen molar-refractivity contribution in [1.82, 2.24) is 0 Å². The van der Waals surface area contributed by atoms with Crippen LogP contribution in [0.1, 0.15) is 367 Å². The fourth-order valence-corrected chi connectivity index (χ4v) is 10.3. The van der Waals surface area contributed by atoms with E-state index < -0.39 is 6.10 Å². The predicted octanol–water partition coefficient (Wildman–Crippen LogP) is 23.3. The first kappa shape index (κ1) is 74.4. The summed E-state index contributed by atoms with van der Waals surface area (Å²) < 4.78 is 16.9. The third-order valence-corrected chi connectivity index (χ3v) is 15.4. The Hall–Kier alpha value is -2.63. The highest BCUT2D eigenvalue weighted by atomic mass is 16.6. The van der Waals surface area contributed by atoms with E-state index in [0.717, 1.165) is 64.2 Å². The van der Waals surface area contributed by atoms with Gasteiger partial charge in [-0.25, -0.2) is 0 Å². The van der Waals surface area contributed by atoms with Crippen LogP contribution in [-0.2, 0) is 28.6 Å². The Morgan fingerprint density at radius 2 is 0.506 bits per heavy atom. The Morgan fingerprint density at radius 3 is 0.792 bits per heavy atom. The fraction of sp³-hybridized carbons (Fsp3) is 0.845. The monoisotopic (exact) mass is 1080 g/mol. The van der Waals surface area contributed by atoms with Crippen molar-refractivity contribution in [2.45, 2.75) is 374 Å². The molecule has 0 saturated carbocycles. The first-order chi connectivity index (χ1) is 38.0. The lowest BCUT2D eigenvalue weighted by atomic mass is 10.0. The summed E-state index contributed by atoms with van der Waals surface area (Å²) in [4.78, 5) is 38.3. The van der Waals surface area contributed by atoms with Crippen LogP contribution in [0.2, 0.25) is 0 Å². The van der Waals surface area contributed by atoms with Gasteiger partial charge in [0.2, 0.25) is 0 Å². The van der Waals surface area contributed by atoms with Crippen molar-refractivity contribution < 1.29 is 28.6 Å². The molecule has 77 heavy (non-hydrogen) atoms. The molecule has 0 rings (SSSR count). The summed E-state index contributed by atoms with van der Waals surface area (Å²) in [6, 6.07) is 0. The summed E-state index contributed by atoms with van der Waals surface area (Å²) in [7, 11) is 0. The Morgan fingerprint density at radius 1 is 0.273 bits per heavy atom. The van der Waals surface area contributed by atoms with E-state index in [0.29, 0.717) is 19.3 Å². The van der Waals surface area contributed by atoms with Crippen molar-refractivity contribution in [1.29, 1.82) is 0 Å². The van der Waals surface area contributed by atoms with Crippen molar-refractivity contribution >= 4 is 17.9 Å². The van der Waals surface area contributed by atoms with Gasteiger partial charge in [0, 0.05) is 19.3 Å². The molecule has 0 aliphatic rings. The zero-order valence-electron chi connectivity index (χ0n) is 51.7. The van der Waals surface area contributed by atoms with Crippen molar-refractivity contribution in [2.75, 3.05) is 13.2 Å². The molecule has 0 heterocycles. The van der Waals surface area contributed by atoms with E-state index >= 15 is 0 Å². The van der Waals surface area contributed by atoms with Gasteiger partial charge < -0.3 is 14.2 Å². The van der Waals surface area contributed by atoms with Crippen LogP contribution < -0.4 is 0 Å². The van der Waals surface area contributed by atoms with Crippen LogP contribution in [0, 0.1) is 0 Å². The van der Waals surface area contributed by atoms with Crippen molar-refractivity contribution in [2.24, 2.45) is 0 Å². The number of hydrogen-bond acceptors (Lipinski definition) is 6. The Kier molecular flexibility index (Phi) is 63.6. The molecule has 0 aromatic rings. The number of hydrogen-bond donors (Lipinski definition) is 0. The molecule has 450 valence electrons. The third-order valence-electron chi connectivity index (χ3n) is 15.4. The maximum absolute atomic E-state index is 12.9. The van der Waals surface area contributed by atoms with E-state index in [1.165, 1.54) is 257 Å². The number of rotatable bonds is 63. The second kappa shape index (κ2) is 65.9. The maximum atomic E-state index is 12.9. The van der Waals surface area contributed by atoms with Gasteiger partial charge in [0.1, 0.15) is 13.2 Å². The summed E-state index contributed by atoms with van der Waals surface area (Å²) in [5, 5.41) is 0. The summed E-state index contributed by atoms with van der Waals surface area (Å²) in [5.74, 6) is -0.950. The van der Waals surface area contributed by atoms with Crippen molar-refractivity contribution in [3.05, 3.63) is 48.6 Å². The van der Waals surface area contributed by atoms with Crippen LogP contribution >= 0.6 is 0 Å². The number of carbonyl (C=O) groups is 3.